The smallest absolute Gasteiger partial charge is 0.255 e. The van der Waals surface area contributed by atoms with Crippen LogP contribution in [0.1, 0.15) is 17.3 Å². The number of amides is 1. The molecule has 0 spiro atoms. The fraction of sp³-hybridized carbons (Fsp3) is 0.333. The van der Waals surface area contributed by atoms with E-state index < -0.39 is 5.91 Å². The van der Waals surface area contributed by atoms with E-state index >= 15 is 0 Å². The minimum absolute atomic E-state index is 0.198. The number of carbonyl (C=O) groups excluding carboxylic acids is 1. The highest BCUT2D eigenvalue weighted by Gasteiger charge is 2.15. The molecule has 0 bridgehead atoms. The van der Waals surface area contributed by atoms with Crippen LogP contribution in [0.25, 0.3) is 0 Å². The van der Waals surface area contributed by atoms with Crippen molar-refractivity contribution in [1.82, 2.24) is 4.37 Å². The molecule has 0 unspecified atom stereocenters. The summed E-state index contributed by atoms with van der Waals surface area (Å²) in [7, 11) is 0. The first kappa shape index (κ1) is 8.79. The molecule has 0 aromatic carbocycles. The summed E-state index contributed by atoms with van der Waals surface area (Å²) >= 11 is 1.14. The van der Waals surface area contributed by atoms with Crippen molar-refractivity contribution in [3.8, 4) is 0 Å². The van der Waals surface area contributed by atoms with E-state index in [4.69, 9.17) is 11.5 Å². The predicted molar refractivity (Wildman–Crippen MR) is 49.2 cm³/mol. The number of nitrogens with two attached hydrogens (primary N) is 2. The molecule has 5 nitrogen and oxygen atoms in total. The van der Waals surface area contributed by atoms with Crippen LogP contribution in [0.3, 0.4) is 0 Å². The molecule has 0 fully saturated rings. The first-order valence-corrected chi connectivity index (χ1v) is 4.23. The molecule has 0 radical (unpaired) electrons. The fourth-order valence-corrected chi connectivity index (χ4v) is 1.61. The first-order valence-electron chi connectivity index (χ1n) is 3.45. The Balaban J connectivity index is 3.04. The molecular formula is C6H10N4OS. The highest BCUT2D eigenvalue weighted by atomic mass is 32.1. The SMILES string of the molecule is CCNc1snc(N)c1C(N)=O. The van der Waals surface area contributed by atoms with Crippen molar-refractivity contribution >= 4 is 28.3 Å². The Morgan fingerprint density at radius 1 is 1.75 bits per heavy atom. The Morgan fingerprint density at radius 2 is 2.42 bits per heavy atom. The average Bonchev–Trinajstić information content (AvgIpc) is 2.32. The molecule has 1 rings (SSSR count). The number of carbonyl (C=O) groups is 1. The zero-order chi connectivity index (χ0) is 9.14. The van der Waals surface area contributed by atoms with Crippen LogP contribution in [0.15, 0.2) is 0 Å². The molecule has 1 amide bonds. The van der Waals surface area contributed by atoms with Crippen molar-refractivity contribution in [2.24, 2.45) is 5.73 Å². The lowest BCUT2D eigenvalue weighted by atomic mass is 10.3. The molecule has 5 N–H and O–H groups in total. The van der Waals surface area contributed by atoms with Crippen molar-refractivity contribution in [3.63, 3.8) is 0 Å². The summed E-state index contributed by atoms with van der Waals surface area (Å²) in [4.78, 5) is 10.8. The summed E-state index contributed by atoms with van der Waals surface area (Å²) in [6.45, 7) is 2.63. The summed E-state index contributed by atoms with van der Waals surface area (Å²) in [6, 6.07) is 0. The number of rotatable bonds is 3. The lowest BCUT2D eigenvalue weighted by Gasteiger charge is -1.99. The molecule has 0 aliphatic rings. The molecule has 0 atom stereocenters. The third-order valence-electron chi connectivity index (χ3n) is 1.30. The Labute approximate surface area is 73.9 Å². The van der Waals surface area contributed by atoms with Crippen molar-refractivity contribution in [1.29, 1.82) is 0 Å². The van der Waals surface area contributed by atoms with Gasteiger partial charge in [0.2, 0.25) is 0 Å². The van der Waals surface area contributed by atoms with E-state index in [0.717, 1.165) is 11.5 Å². The van der Waals surface area contributed by atoms with Gasteiger partial charge in [-0.15, -0.1) is 0 Å². The maximum absolute atomic E-state index is 10.8. The molecule has 1 heterocycles. The van der Waals surface area contributed by atoms with Crippen LogP contribution in [0.4, 0.5) is 10.8 Å². The second-order valence-corrected chi connectivity index (χ2v) is 2.94. The number of nitrogens with one attached hydrogen (secondary N) is 1. The fourth-order valence-electron chi connectivity index (χ4n) is 0.822. The van der Waals surface area contributed by atoms with Gasteiger partial charge >= 0.3 is 0 Å². The summed E-state index contributed by atoms with van der Waals surface area (Å²) in [5, 5.41) is 3.59. The van der Waals surface area contributed by atoms with Gasteiger partial charge in [0.25, 0.3) is 5.91 Å². The van der Waals surface area contributed by atoms with Crippen molar-refractivity contribution in [3.05, 3.63) is 5.56 Å². The maximum Gasteiger partial charge on any atom is 0.255 e. The van der Waals surface area contributed by atoms with Gasteiger partial charge in [-0.1, -0.05) is 0 Å². The zero-order valence-corrected chi connectivity index (χ0v) is 7.44. The maximum atomic E-state index is 10.8. The highest BCUT2D eigenvalue weighted by molar-refractivity contribution is 7.11. The van der Waals surface area contributed by atoms with Gasteiger partial charge < -0.3 is 16.8 Å². The monoisotopic (exact) mass is 186 g/mol. The molecule has 1 aromatic heterocycles. The van der Waals surface area contributed by atoms with Gasteiger partial charge in [-0.3, -0.25) is 4.79 Å². The summed E-state index contributed by atoms with van der Waals surface area (Å²) in [5.41, 5.74) is 10.8. The average molecular weight is 186 g/mol. The Hall–Kier alpha value is -1.30. The van der Waals surface area contributed by atoms with Gasteiger partial charge in [-0.2, -0.15) is 4.37 Å². The van der Waals surface area contributed by atoms with Crippen molar-refractivity contribution in [2.75, 3.05) is 17.6 Å². The Bertz CT molecular complexity index is 296. The topological polar surface area (TPSA) is 94.0 Å². The number of anilines is 2. The van der Waals surface area contributed by atoms with Crippen LogP contribution in [0.2, 0.25) is 0 Å². The van der Waals surface area contributed by atoms with Crippen molar-refractivity contribution < 1.29 is 4.79 Å². The number of primary amides is 1. The van der Waals surface area contributed by atoms with E-state index in [2.05, 4.69) is 9.69 Å². The van der Waals surface area contributed by atoms with E-state index in [1.807, 2.05) is 6.92 Å². The van der Waals surface area contributed by atoms with Gasteiger partial charge in [0.1, 0.15) is 10.6 Å². The van der Waals surface area contributed by atoms with Gasteiger partial charge in [-0.05, 0) is 18.5 Å². The second-order valence-electron chi connectivity index (χ2n) is 2.17. The van der Waals surface area contributed by atoms with Crippen LogP contribution in [0, 0.1) is 0 Å². The van der Waals surface area contributed by atoms with E-state index in [9.17, 15) is 4.79 Å². The molecular weight excluding hydrogens is 176 g/mol. The number of nitrogens with zero attached hydrogens (tertiary/aromatic N) is 1. The Kier molecular flexibility index (Phi) is 2.49. The minimum Gasteiger partial charge on any atom is -0.382 e. The molecule has 1 aromatic rings. The summed E-state index contributed by atoms with van der Waals surface area (Å²) < 4.78 is 3.81. The standard InChI is InChI=1S/C6H10N4OS/c1-2-9-6-3(5(8)11)4(7)10-12-6/h9H,2H2,1H3,(H2,7,10)(H2,8,11). The van der Waals surface area contributed by atoms with Crippen LogP contribution >= 0.6 is 11.5 Å². The second kappa shape index (κ2) is 3.40. The van der Waals surface area contributed by atoms with Gasteiger partial charge in [-0.25, -0.2) is 0 Å². The quantitative estimate of drug-likeness (QED) is 0.631. The highest BCUT2D eigenvalue weighted by Crippen LogP contribution is 2.25. The predicted octanol–water partition coefficient (Wildman–Crippen LogP) is 0.256. The third kappa shape index (κ3) is 1.48. The summed E-state index contributed by atoms with van der Waals surface area (Å²) in [6.07, 6.45) is 0. The Morgan fingerprint density at radius 3 is 2.92 bits per heavy atom. The number of hydrogen-bond donors (Lipinski definition) is 3. The molecule has 0 aliphatic carbocycles. The normalized spacial score (nSPS) is 9.75. The molecule has 66 valence electrons. The number of nitrogen functional groups attached to an aromatic ring is 1. The molecule has 6 heteroatoms. The van der Waals surface area contributed by atoms with E-state index in [-0.39, 0.29) is 5.82 Å². The summed E-state index contributed by atoms with van der Waals surface area (Å²) in [5.74, 6) is -0.347. The van der Waals surface area contributed by atoms with E-state index in [0.29, 0.717) is 17.1 Å². The van der Waals surface area contributed by atoms with Crippen LogP contribution in [-0.4, -0.2) is 16.8 Å². The zero-order valence-electron chi connectivity index (χ0n) is 6.63. The van der Waals surface area contributed by atoms with Crippen LogP contribution in [-0.2, 0) is 0 Å². The minimum atomic E-state index is -0.544. The number of hydrogen-bond acceptors (Lipinski definition) is 5. The molecule has 0 saturated carbocycles. The largest absolute Gasteiger partial charge is 0.382 e. The molecule has 0 aliphatic heterocycles. The van der Waals surface area contributed by atoms with Gasteiger partial charge in [0, 0.05) is 6.54 Å². The van der Waals surface area contributed by atoms with Crippen LogP contribution in [0.5, 0.6) is 0 Å². The van der Waals surface area contributed by atoms with Crippen LogP contribution < -0.4 is 16.8 Å². The molecule has 0 saturated heterocycles. The van der Waals surface area contributed by atoms with Gasteiger partial charge in [0.05, 0.1) is 0 Å². The van der Waals surface area contributed by atoms with Crippen molar-refractivity contribution in [2.45, 2.75) is 6.92 Å². The molecule has 12 heavy (non-hydrogen) atoms. The first-order chi connectivity index (χ1) is 5.66. The number of aromatic nitrogens is 1. The lowest BCUT2D eigenvalue weighted by Crippen LogP contribution is -2.14. The lowest BCUT2D eigenvalue weighted by molar-refractivity contribution is 0.100. The van der Waals surface area contributed by atoms with Gasteiger partial charge in [0.15, 0.2) is 5.82 Å². The van der Waals surface area contributed by atoms with E-state index in [1.165, 1.54) is 0 Å². The van der Waals surface area contributed by atoms with E-state index in [1.54, 1.807) is 0 Å². The third-order valence-corrected chi connectivity index (χ3v) is 2.12.